The second-order valence-electron chi connectivity index (χ2n) is 6.98. The molecule has 0 radical (unpaired) electrons. The molecule has 0 aliphatic heterocycles. The molecule has 30 heavy (non-hydrogen) atoms. The molecule has 10 heteroatoms. The number of imidazole rings is 1. The van der Waals surface area contributed by atoms with Gasteiger partial charge >= 0.3 is 5.63 Å². The summed E-state index contributed by atoms with van der Waals surface area (Å²) in [5.41, 5.74) is 2.35. The van der Waals surface area contributed by atoms with Gasteiger partial charge < -0.3 is 14.3 Å². The number of aromatic amines is 1. The Morgan fingerprint density at radius 3 is 2.77 bits per heavy atom. The Labute approximate surface area is 176 Å². The number of halogens is 1. The van der Waals surface area contributed by atoms with Gasteiger partial charge in [-0.05, 0) is 42.8 Å². The van der Waals surface area contributed by atoms with Gasteiger partial charge in [-0.2, -0.15) is 8.42 Å². The number of hydrogen-bond acceptors (Lipinski definition) is 6. The van der Waals surface area contributed by atoms with Gasteiger partial charge in [-0.1, -0.05) is 11.6 Å². The first-order valence-electron chi connectivity index (χ1n) is 9.09. The van der Waals surface area contributed by atoms with Crippen LogP contribution in [0.2, 0.25) is 5.02 Å². The molecular formula is C20H18ClN3O5S. The summed E-state index contributed by atoms with van der Waals surface area (Å²) in [6, 6.07) is 12.3. The average Bonchev–Trinajstić information content (AvgIpc) is 3.08. The molecule has 8 nitrogen and oxygen atoms in total. The fraction of sp³-hybridized carbons (Fsp3) is 0.200. The molecule has 0 amide bonds. The summed E-state index contributed by atoms with van der Waals surface area (Å²) in [5, 5.41) is 1.28. The first-order chi connectivity index (χ1) is 14.2. The SMILES string of the molecule is CN(CCCS(=O)(=O)O)c1ccc2cc(-c3nc4cc(Cl)ccc4[nH]3)c(=O)oc2c1. The molecule has 0 spiro atoms. The lowest BCUT2D eigenvalue weighted by molar-refractivity contribution is 0.481. The minimum atomic E-state index is -3.99. The van der Waals surface area contributed by atoms with Crippen molar-refractivity contribution in [1.29, 1.82) is 0 Å². The molecule has 0 unspecified atom stereocenters. The molecule has 0 fully saturated rings. The first-order valence-corrected chi connectivity index (χ1v) is 11.1. The van der Waals surface area contributed by atoms with Crippen molar-refractivity contribution in [3.05, 3.63) is 57.9 Å². The van der Waals surface area contributed by atoms with Crippen LogP contribution in [0.1, 0.15) is 6.42 Å². The van der Waals surface area contributed by atoms with E-state index in [0.29, 0.717) is 34.1 Å². The number of anilines is 1. The fourth-order valence-electron chi connectivity index (χ4n) is 3.22. The number of fused-ring (bicyclic) bond motifs is 2. The molecule has 2 aromatic carbocycles. The zero-order valence-electron chi connectivity index (χ0n) is 15.9. The van der Waals surface area contributed by atoms with Gasteiger partial charge in [0.15, 0.2) is 0 Å². The smallest absolute Gasteiger partial charge is 0.347 e. The predicted molar refractivity (Wildman–Crippen MR) is 117 cm³/mol. The van der Waals surface area contributed by atoms with E-state index < -0.39 is 15.7 Å². The second-order valence-corrected chi connectivity index (χ2v) is 8.99. The number of aromatic nitrogens is 2. The highest BCUT2D eigenvalue weighted by atomic mass is 35.5. The fourth-order valence-corrected chi connectivity index (χ4v) is 3.88. The quantitative estimate of drug-likeness (QED) is 0.342. The zero-order valence-corrected chi connectivity index (χ0v) is 17.5. The van der Waals surface area contributed by atoms with Crippen LogP contribution in [0.25, 0.3) is 33.4 Å². The lowest BCUT2D eigenvalue weighted by atomic mass is 10.1. The number of benzene rings is 2. The summed E-state index contributed by atoms with van der Waals surface area (Å²) in [7, 11) is -2.20. The monoisotopic (exact) mass is 447 g/mol. The number of H-pyrrole nitrogens is 1. The predicted octanol–water partition coefficient (Wildman–Crippen LogP) is 3.70. The average molecular weight is 448 g/mol. The molecule has 0 aliphatic carbocycles. The van der Waals surface area contributed by atoms with Crippen LogP contribution in [0.15, 0.2) is 51.7 Å². The standard InChI is InChI=1S/C20H18ClN3O5S/c1-24(7-2-8-30(26,27)28)14-5-3-12-9-15(20(25)29-18(12)11-14)19-22-16-6-4-13(21)10-17(16)23-19/h3-6,9-11H,2,7-8H2,1H3,(H,22,23)(H,26,27,28). The van der Waals surface area contributed by atoms with E-state index >= 15 is 0 Å². The van der Waals surface area contributed by atoms with E-state index in [4.69, 9.17) is 20.6 Å². The molecule has 2 heterocycles. The van der Waals surface area contributed by atoms with Crippen LogP contribution in [0.5, 0.6) is 0 Å². The van der Waals surface area contributed by atoms with Gasteiger partial charge in [-0.25, -0.2) is 9.78 Å². The maximum atomic E-state index is 12.6. The maximum Gasteiger partial charge on any atom is 0.347 e. The first kappa shape index (κ1) is 20.4. The van der Waals surface area contributed by atoms with Crippen molar-refractivity contribution >= 4 is 49.4 Å². The van der Waals surface area contributed by atoms with E-state index in [-0.39, 0.29) is 12.2 Å². The Bertz CT molecular complexity index is 1410. The summed E-state index contributed by atoms with van der Waals surface area (Å²) in [4.78, 5) is 21.9. The van der Waals surface area contributed by atoms with Crippen molar-refractivity contribution in [3.63, 3.8) is 0 Å². The number of rotatable bonds is 6. The van der Waals surface area contributed by atoms with Crippen molar-refractivity contribution in [2.45, 2.75) is 6.42 Å². The summed E-state index contributed by atoms with van der Waals surface area (Å²) in [5.74, 6) is 0.0841. The molecule has 0 bridgehead atoms. The van der Waals surface area contributed by atoms with Gasteiger partial charge in [0.05, 0.1) is 16.8 Å². The van der Waals surface area contributed by atoms with Crippen LogP contribution in [-0.2, 0) is 10.1 Å². The highest BCUT2D eigenvalue weighted by Gasteiger charge is 2.14. The van der Waals surface area contributed by atoms with Gasteiger partial charge in [-0.15, -0.1) is 0 Å². The normalized spacial score (nSPS) is 12.0. The molecular weight excluding hydrogens is 430 g/mol. The van der Waals surface area contributed by atoms with E-state index in [1.165, 1.54) is 0 Å². The van der Waals surface area contributed by atoms with Crippen molar-refractivity contribution in [2.24, 2.45) is 0 Å². The number of nitrogens with zero attached hydrogens (tertiary/aromatic N) is 2. The van der Waals surface area contributed by atoms with Crippen LogP contribution in [0.4, 0.5) is 5.69 Å². The molecule has 4 aromatic rings. The Balaban J connectivity index is 1.64. The van der Waals surface area contributed by atoms with Crippen molar-refractivity contribution in [3.8, 4) is 11.4 Å². The second kappa shape index (κ2) is 7.75. The Morgan fingerprint density at radius 1 is 1.20 bits per heavy atom. The Morgan fingerprint density at radius 2 is 2.00 bits per heavy atom. The Hall–Kier alpha value is -2.88. The minimum Gasteiger partial charge on any atom is -0.422 e. The highest BCUT2D eigenvalue weighted by Crippen LogP contribution is 2.26. The van der Waals surface area contributed by atoms with Crippen LogP contribution in [0.3, 0.4) is 0 Å². The van der Waals surface area contributed by atoms with E-state index in [1.54, 1.807) is 37.4 Å². The van der Waals surface area contributed by atoms with Crippen LogP contribution < -0.4 is 10.5 Å². The summed E-state index contributed by atoms with van der Waals surface area (Å²) >= 11 is 6.00. The summed E-state index contributed by atoms with van der Waals surface area (Å²) < 4.78 is 36.1. The number of nitrogens with one attached hydrogen (secondary N) is 1. The van der Waals surface area contributed by atoms with Gasteiger partial charge in [0.1, 0.15) is 17.0 Å². The van der Waals surface area contributed by atoms with Crippen LogP contribution in [0, 0.1) is 0 Å². The molecule has 4 rings (SSSR count). The Kier molecular flexibility index (Phi) is 5.27. The van der Waals surface area contributed by atoms with Crippen LogP contribution in [-0.4, -0.2) is 42.3 Å². The lowest BCUT2D eigenvalue weighted by Gasteiger charge is -2.19. The van der Waals surface area contributed by atoms with E-state index in [2.05, 4.69) is 9.97 Å². The lowest BCUT2D eigenvalue weighted by Crippen LogP contribution is -2.21. The topological polar surface area (TPSA) is 116 Å². The maximum absolute atomic E-state index is 12.6. The highest BCUT2D eigenvalue weighted by molar-refractivity contribution is 7.85. The third-order valence-electron chi connectivity index (χ3n) is 4.76. The van der Waals surface area contributed by atoms with Gasteiger partial charge in [0.2, 0.25) is 0 Å². The largest absolute Gasteiger partial charge is 0.422 e. The molecule has 0 saturated carbocycles. The molecule has 0 aliphatic rings. The van der Waals surface area contributed by atoms with Gasteiger partial charge in [-0.3, -0.25) is 4.55 Å². The third-order valence-corrected chi connectivity index (χ3v) is 5.80. The van der Waals surface area contributed by atoms with Crippen molar-refractivity contribution in [1.82, 2.24) is 9.97 Å². The molecule has 2 N–H and O–H groups in total. The zero-order chi connectivity index (χ0) is 21.5. The van der Waals surface area contributed by atoms with Crippen molar-refractivity contribution in [2.75, 3.05) is 24.2 Å². The van der Waals surface area contributed by atoms with Gasteiger partial charge in [0.25, 0.3) is 10.1 Å². The number of hydrogen-bond donors (Lipinski definition) is 2. The summed E-state index contributed by atoms with van der Waals surface area (Å²) in [6.45, 7) is 0.412. The molecule has 0 saturated heterocycles. The third kappa shape index (κ3) is 4.33. The van der Waals surface area contributed by atoms with Gasteiger partial charge in [0, 0.05) is 35.8 Å². The van der Waals surface area contributed by atoms with Crippen LogP contribution >= 0.6 is 11.6 Å². The molecule has 0 atom stereocenters. The van der Waals surface area contributed by atoms with Crippen molar-refractivity contribution < 1.29 is 17.4 Å². The minimum absolute atomic E-state index is 0.270. The van der Waals surface area contributed by atoms with E-state index in [1.807, 2.05) is 17.0 Å². The summed E-state index contributed by atoms with van der Waals surface area (Å²) in [6.07, 6.45) is 0.270. The molecule has 156 valence electrons. The van der Waals surface area contributed by atoms with E-state index in [9.17, 15) is 13.2 Å². The van der Waals surface area contributed by atoms with E-state index in [0.717, 1.165) is 16.6 Å². The molecule has 2 aromatic heterocycles.